The highest BCUT2D eigenvalue weighted by molar-refractivity contribution is 5.96. The molecule has 0 unspecified atom stereocenters. The first-order valence-corrected chi connectivity index (χ1v) is 8.39. The number of hydrogen-bond donors (Lipinski definition) is 1. The van der Waals surface area contributed by atoms with Crippen molar-refractivity contribution in [3.05, 3.63) is 59.7 Å². The van der Waals surface area contributed by atoms with E-state index < -0.39 is 0 Å². The Labute approximate surface area is 147 Å². The molecule has 0 aliphatic heterocycles. The SMILES string of the molecule is COc1ccccc1CN(C(=O)Nc1cccc(C(C)=O)c1)C1CC1. The van der Waals surface area contributed by atoms with Gasteiger partial charge in [0.2, 0.25) is 0 Å². The third kappa shape index (κ3) is 4.18. The molecule has 25 heavy (non-hydrogen) atoms. The Morgan fingerprint density at radius 2 is 1.92 bits per heavy atom. The minimum atomic E-state index is -0.158. The van der Waals surface area contributed by atoms with E-state index in [1.807, 2.05) is 29.2 Å². The summed E-state index contributed by atoms with van der Waals surface area (Å²) in [7, 11) is 1.63. The number of ether oxygens (including phenoxy) is 1. The lowest BCUT2D eigenvalue weighted by Crippen LogP contribution is -2.36. The average molecular weight is 338 g/mol. The van der Waals surface area contributed by atoms with Gasteiger partial charge in [-0.2, -0.15) is 0 Å². The van der Waals surface area contributed by atoms with Gasteiger partial charge in [-0.05, 0) is 38.0 Å². The van der Waals surface area contributed by atoms with Crippen molar-refractivity contribution < 1.29 is 14.3 Å². The number of nitrogens with zero attached hydrogens (tertiary/aromatic N) is 1. The van der Waals surface area contributed by atoms with E-state index in [2.05, 4.69) is 5.32 Å². The second-order valence-corrected chi connectivity index (χ2v) is 6.24. The predicted octanol–water partition coefficient (Wildman–Crippen LogP) is 4.09. The normalized spacial score (nSPS) is 13.2. The maximum atomic E-state index is 12.8. The first-order valence-electron chi connectivity index (χ1n) is 8.39. The Kier molecular flexibility index (Phi) is 5.03. The number of benzene rings is 2. The fourth-order valence-corrected chi connectivity index (χ4v) is 2.78. The molecule has 2 aromatic carbocycles. The number of nitrogens with one attached hydrogen (secondary N) is 1. The van der Waals surface area contributed by atoms with Gasteiger partial charge in [-0.25, -0.2) is 4.79 Å². The van der Waals surface area contributed by atoms with E-state index in [-0.39, 0.29) is 17.9 Å². The molecule has 0 aromatic heterocycles. The second kappa shape index (κ2) is 7.38. The molecular weight excluding hydrogens is 316 g/mol. The van der Waals surface area contributed by atoms with Gasteiger partial charge in [-0.15, -0.1) is 0 Å². The molecule has 1 aliphatic rings. The van der Waals surface area contributed by atoms with E-state index in [1.54, 1.807) is 31.4 Å². The largest absolute Gasteiger partial charge is 0.496 e. The van der Waals surface area contributed by atoms with Crippen molar-refractivity contribution in [3.8, 4) is 5.75 Å². The van der Waals surface area contributed by atoms with Crippen molar-refractivity contribution in [1.29, 1.82) is 0 Å². The Balaban J connectivity index is 1.76. The molecule has 1 N–H and O–H groups in total. The lowest BCUT2D eigenvalue weighted by Gasteiger charge is -2.24. The molecule has 5 heteroatoms. The van der Waals surface area contributed by atoms with E-state index in [0.29, 0.717) is 17.8 Å². The van der Waals surface area contributed by atoms with Gasteiger partial charge in [-0.3, -0.25) is 4.79 Å². The van der Waals surface area contributed by atoms with Crippen molar-refractivity contribution >= 4 is 17.5 Å². The highest BCUT2D eigenvalue weighted by Crippen LogP contribution is 2.31. The van der Waals surface area contributed by atoms with Gasteiger partial charge < -0.3 is 15.0 Å². The molecule has 1 saturated carbocycles. The molecule has 2 aromatic rings. The first kappa shape index (κ1) is 17.0. The zero-order valence-electron chi connectivity index (χ0n) is 14.5. The van der Waals surface area contributed by atoms with Crippen molar-refractivity contribution in [2.45, 2.75) is 32.4 Å². The zero-order valence-corrected chi connectivity index (χ0v) is 14.5. The number of amides is 2. The van der Waals surface area contributed by atoms with Crippen LogP contribution in [-0.4, -0.2) is 29.9 Å². The topological polar surface area (TPSA) is 58.6 Å². The van der Waals surface area contributed by atoms with Crippen molar-refractivity contribution in [1.82, 2.24) is 4.90 Å². The standard InChI is InChI=1S/C20H22N2O3/c1-14(23)15-7-5-8-17(12-15)21-20(24)22(18-10-11-18)13-16-6-3-4-9-19(16)25-2/h3-9,12,18H,10-11,13H2,1-2H3,(H,21,24). The first-order chi connectivity index (χ1) is 12.1. The van der Waals surface area contributed by atoms with Crippen LogP contribution in [0.15, 0.2) is 48.5 Å². The summed E-state index contributed by atoms with van der Waals surface area (Å²) in [6.07, 6.45) is 2.02. The molecule has 2 amide bonds. The van der Waals surface area contributed by atoms with Gasteiger partial charge in [0.25, 0.3) is 0 Å². The van der Waals surface area contributed by atoms with Crippen LogP contribution in [0.4, 0.5) is 10.5 Å². The van der Waals surface area contributed by atoms with Crippen molar-refractivity contribution in [2.75, 3.05) is 12.4 Å². The molecule has 0 heterocycles. The number of ketones is 1. The van der Waals surface area contributed by atoms with Crippen LogP contribution < -0.4 is 10.1 Å². The van der Waals surface area contributed by atoms with Gasteiger partial charge in [-0.1, -0.05) is 30.3 Å². The summed E-state index contributed by atoms with van der Waals surface area (Å²) in [6.45, 7) is 2.01. The number of anilines is 1. The highest BCUT2D eigenvalue weighted by Gasteiger charge is 2.33. The van der Waals surface area contributed by atoms with Gasteiger partial charge in [0, 0.05) is 22.9 Å². The quantitative estimate of drug-likeness (QED) is 0.807. The molecule has 0 spiro atoms. The molecule has 5 nitrogen and oxygen atoms in total. The lowest BCUT2D eigenvalue weighted by atomic mass is 10.1. The smallest absolute Gasteiger partial charge is 0.322 e. The number of Topliss-reactive ketones (excluding diaryl/α,β-unsaturated/α-hetero) is 1. The van der Waals surface area contributed by atoms with E-state index in [4.69, 9.17) is 4.74 Å². The molecule has 3 rings (SSSR count). The number of methoxy groups -OCH3 is 1. The Morgan fingerprint density at radius 3 is 2.60 bits per heavy atom. The fraction of sp³-hybridized carbons (Fsp3) is 0.300. The van der Waals surface area contributed by atoms with Crippen LogP contribution in [0.25, 0.3) is 0 Å². The Bertz CT molecular complexity index is 784. The lowest BCUT2D eigenvalue weighted by molar-refractivity contribution is 0.101. The van der Waals surface area contributed by atoms with E-state index in [0.717, 1.165) is 24.2 Å². The Hall–Kier alpha value is -2.82. The molecule has 130 valence electrons. The molecule has 0 radical (unpaired) electrons. The Morgan fingerprint density at radius 1 is 1.16 bits per heavy atom. The van der Waals surface area contributed by atoms with Gasteiger partial charge in [0.05, 0.1) is 13.7 Å². The molecule has 0 atom stereocenters. The van der Waals surface area contributed by atoms with Gasteiger partial charge in [0.1, 0.15) is 5.75 Å². The fourth-order valence-electron chi connectivity index (χ4n) is 2.78. The van der Waals surface area contributed by atoms with Gasteiger partial charge in [0.15, 0.2) is 5.78 Å². The second-order valence-electron chi connectivity index (χ2n) is 6.24. The highest BCUT2D eigenvalue weighted by atomic mass is 16.5. The average Bonchev–Trinajstić information content (AvgIpc) is 3.45. The van der Waals surface area contributed by atoms with Crippen LogP contribution in [0.1, 0.15) is 35.7 Å². The third-order valence-corrected chi connectivity index (χ3v) is 4.30. The van der Waals surface area contributed by atoms with Crippen LogP contribution in [0, 0.1) is 0 Å². The molecular formula is C20H22N2O3. The van der Waals surface area contributed by atoms with Crippen molar-refractivity contribution in [3.63, 3.8) is 0 Å². The number of carbonyl (C=O) groups excluding carboxylic acids is 2. The van der Waals surface area contributed by atoms with E-state index >= 15 is 0 Å². The van der Waals surface area contributed by atoms with Crippen LogP contribution >= 0.6 is 0 Å². The van der Waals surface area contributed by atoms with E-state index in [9.17, 15) is 9.59 Å². The van der Waals surface area contributed by atoms with Crippen LogP contribution in [0.3, 0.4) is 0 Å². The minimum Gasteiger partial charge on any atom is -0.496 e. The summed E-state index contributed by atoms with van der Waals surface area (Å²) in [5.41, 5.74) is 2.19. The summed E-state index contributed by atoms with van der Waals surface area (Å²) in [4.78, 5) is 26.1. The summed E-state index contributed by atoms with van der Waals surface area (Å²) < 4.78 is 5.39. The minimum absolute atomic E-state index is 0.0239. The number of carbonyl (C=O) groups is 2. The predicted molar refractivity (Wildman–Crippen MR) is 97.0 cm³/mol. The summed E-state index contributed by atoms with van der Waals surface area (Å²) in [6, 6.07) is 14.8. The number of para-hydroxylation sites is 1. The maximum absolute atomic E-state index is 12.8. The van der Waals surface area contributed by atoms with Crippen LogP contribution in [0.5, 0.6) is 5.75 Å². The van der Waals surface area contributed by atoms with Crippen LogP contribution in [0.2, 0.25) is 0 Å². The molecule has 1 fully saturated rings. The summed E-state index contributed by atoms with van der Waals surface area (Å²) >= 11 is 0. The number of hydrogen-bond acceptors (Lipinski definition) is 3. The summed E-state index contributed by atoms with van der Waals surface area (Å²) in [5.74, 6) is 0.753. The number of rotatable bonds is 6. The molecule has 0 saturated heterocycles. The maximum Gasteiger partial charge on any atom is 0.322 e. The zero-order chi connectivity index (χ0) is 17.8. The molecule has 0 bridgehead atoms. The number of urea groups is 1. The van der Waals surface area contributed by atoms with Crippen LogP contribution in [-0.2, 0) is 6.54 Å². The summed E-state index contributed by atoms with van der Waals surface area (Å²) in [5, 5.41) is 2.91. The third-order valence-electron chi connectivity index (χ3n) is 4.30. The van der Waals surface area contributed by atoms with Gasteiger partial charge >= 0.3 is 6.03 Å². The van der Waals surface area contributed by atoms with Crippen molar-refractivity contribution in [2.24, 2.45) is 0 Å². The van der Waals surface area contributed by atoms with E-state index in [1.165, 1.54) is 6.92 Å². The molecule has 1 aliphatic carbocycles. The monoisotopic (exact) mass is 338 g/mol.